The molecule has 0 aliphatic carbocycles. The first-order chi connectivity index (χ1) is 8.47. The zero-order valence-electron chi connectivity index (χ0n) is 11.3. The van der Waals surface area contributed by atoms with E-state index in [0.29, 0.717) is 13.2 Å². The third kappa shape index (κ3) is 81.1. The molecule has 0 aromatic heterocycles. The summed E-state index contributed by atoms with van der Waals surface area (Å²) < 4.78 is 52.6. The summed E-state index contributed by atoms with van der Waals surface area (Å²) in [4.78, 5) is 0. The van der Waals surface area contributed by atoms with Crippen molar-refractivity contribution in [1.29, 1.82) is 0 Å². The summed E-state index contributed by atoms with van der Waals surface area (Å²) in [6, 6.07) is 0. The second-order valence-corrected chi connectivity index (χ2v) is 7.61. The van der Waals surface area contributed by atoms with Crippen LogP contribution in [0.3, 0.4) is 0 Å². The van der Waals surface area contributed by atoms with Crippen LogP contribution in [0.25, 0.3) is 0 Å². The van der Waals surface area contributed by atoms with Gasteiger partial charge in [0.15, 0.2) is 0 Å². The van der Waals surface area contributed by atoms with Crippen LogP contribution in [0, 0.1) is 0 Å². The lowest BCUT2D eigenvalue weighted by Gasteiger charge is -1.97. The van der Waals surface area contributed by atoms with Gasteiger partial charge in [-0.1, -0.05) is 7.43 Å². The number of methoxy groups -OCH3 is 2. The lowest BCUT2D eigenvalue weighted by molar-refractivity contribution is 0.135. The first-order valence-electron chi connectivity index (χ1n) is 4.80. The molecule has 128 valence electrons. The second-order valence-electron chi connectivity index (χ2n) is 2.92. The molecule has 0 atom stereocenters. The van der Waals surface area contributed by atoms with E-state index in [1.807, 2.05) is 0 Å². The predicted octanol–water partition coefficient (Wildman–Crippen LogP) is 0.0550. The van der Waals surface area contributed by atoms with Crippen molar-refractivity contribution in [1.82, 2.24) is 0 Å². The zero-order chi connectivity index (χ0) is 15.9. The Morgan fingerprint density at radius 1 is 0.950 bits per heavy atom. The van der Waals surface area contributed by atoms with Crippen LogP contribution in [0.4, 0.5) is 0 Å². The van der Waals surface area contributed by atoms with Crippen LogP contribution in [0.1, 0.15) is 7.43 Å². The summed E-state index contributed by atoms with van der Waals surface area (Å²) in [7, 11) is 1.06. The van der Waals surface area contributed by atoms with Crippen LogP contribution in [0.2, 0.25) is 0 Å². The molecule has 0 aromatic carbocycles. The number of hydrogen-bond donors (Lipinski definition) is 1. The van der Waals surface area contributed by atoms with Gasteiger partial charge >= 0.3 is 0 Å². The minimum absolute atomic E-state index is 0. The van der Waals surface area contributed by atoms with Gasteiger partial charge in [0.05, 0.1) is 38.9 Å². The molecule has 20 heavy (non-hydrogen) atoms. The van der Waals surface area contributed by atoms with Gasteiger partial charge in [-0.15, -0.1) is 0 Å². The average molecular weight is 361 g/mol. The lowest BCUT2D eigenvalue weighted by Crippen LogP contribution is -2.07. The van der Waals surface area contributed by atoms with E-state index in [9.17, 15) is 16.8 Å². The third-order valence-corrected chi connectivity index (χ3v) is 1.48. The van der Waals surface area contributed by atoms with E-state index in [0.717, 1.165) is 12.5 Å². The monoisotopic (exact) mass is 360 g/mol. The summed E-state index contributed by atoms with van der Waals surface area (Å²) >= 11 is 0. The van der Waals surface area contributed by atoms with Gasteiger partial charge in [-0.25, -0.2) is 8.42 Å². The van der Waals surface area contributed by atoms with Gasteiger partial charge < -0.3 is 14.6 Å². The van der Waals surface area contributed by atoms with Crippen LogP contribution < -0.4 is 0 Å². The third-order valence-electron chi connectivity index (χ3n) is 0.880. The predicted molar refractivity (Wildman–Crippen MR) is 79.1 cm³/mol. The normalized spacial score (nSPS) is 10.3. The maximum atomic E-state index is 10.2. The van der Waals surface area contributed by atoms with Crippen LogP contribution in [0.15, 0.2) is 0 Å². The SMILES string of the molecule is C.COCCO.COCCOS(C)(=O)=O.CS(=O)(=O)Cl. The molecule has 0 saturated heterocycles. The molecule has 0 fully saturated rings. The highest BCUT2D eigenvalue weighted by Gasteiger charge is 1.98. The van der Waals surface area contributed by atoms with Crippen molar-refractivity contribution in [3.05, 3.63) is 0 Å². The number of aliphatic hydroxyl groups excluding tert-OH is 1. The van der Waals surface area contributed by atoms with Gasteiger partial charge in [-0.3, -0.25) is 4.18 Å². The van der Waals surface area contributed by atoms with Crippen molar-refractivity contribution in [3.63, 3.8) is 0 Å². The fourth-order valence-corrected chi connectivity index (χ4v) is 0.731. The van der Waals surface area contributed by atoms with Crippen LogP contribution in [-0.2, 0) is 32.8 Å². The average Bonchev–Trinajstić information content (AvgIpc) is 2.15. The summed E-state index contributed by atoms with van der Waals surface area (Å²) in [6.07, 6.45) is 1.93. The molecule has 0 aromatic rings. The first-order valence-corrected chi connectivity index (χ1v) is 9.34. The summed E-state index contributed by atoms with van der Waals surface area (Å²) in [6.45, 7) is 0.957. The smallest absolute Gasteiger partial charge is 0.264 e. The van der Waals surface area contributed by atoms with Gasteiger partial charge in [-0.05, 0) is 0 Å². The van der Waals surface area contributed by atoms with E-state index in [4.69, 9.17) is 5.11 Å². The lowest BCUT2D eigenvalue weighted by atomic mass is 10.8. The minimum Gasteiger partial charge on any atom is -0.394 e. The Bertz CT molecular complexity index is 355. The Labute approximate surface area is 126 Å². The fraction of sp³-hybridized carbons (Fsp3) is 1.00. The Morgan fingerprint density at radius 3 is 1.45 bits per heavy atom. The van der Waals surface area contributed by atoms with E-state index in [-0.39, 0.29) is 20.6 Å². The van der Waals surface area contributed by atoms with Crippen molar-refractivity contribution < 1.29 is 35.6 Å². The molecule has 0 heterocycles. The molecule has 11 heteroatoms. The fourth-order valence-electron chi connectivity index (χ4n) is 0.360. The number of aliphatic hydroxyl groups is 1. The van der Waals surface area contributed by atoms with Crippen molar-refractivity contribution >= 4 is 29.9 Å². The van der Waals surface area contributed by atoms with Crippen LogP contribution in [-0.4, -0.2) is 75.1 Å². The van der Waals surface area contributed by atoms with Gasteiger partial charge in [0.1, 0.15) is 0 Å². The van der Waals surface area contributed by atoms with E-state index in [1.54, 1.807) is 7.11 Å². The van der Waals surface area contributed by atoms with Gasteiger partial charge in [-0.2, -0.15) is 8.42 Å². The maximum Gasteiger partial charge on any atom is 0.264 e. The Morgan fingerprint density at radius 2 is 1.30 bits per heavy atom. The summed E-state index contributed by atoms with van der Waals surface area (Å²) in [5, 5.41) is 7.94. The molecule has 0 radical (unpaired) electrons. The first kappa shape index (κ1) is 28.2. The molecule has 0 unspecified atom stereocenters. The van der Waals surface area contributed by atoms with Crippen LogP contribution >= 0.6 is 10.7 Å². The van der Waals surface area contributed by atoms with Crippen molar-refractivity contribution in [2.75, 3.05) is 53.2 Å². The van der Waals surface area contributed by atoms with Crippen molar-refractivity contribution in [2.45, 2.75) is 7.43 Å². The Kier molecular flexibility index (Phi) is 24.1. The molecule has 1 N–H and O–H groups in total. The summed E-state index contributed by atoms with van der Waals surface area (Å²) in [5.41, 5.74) is 0. The molecular weight excluding hydrogens is 336 g/mol. The highest BCUT2D eigenvalue weighted by molar-refractivity contribution is 8.13. The maximum absolute atomic E-state index is 10.2. The molecule has 0 aliphatic heterocycles. The van der Waals surface area contributed by atoms with Gasteiger partial charge in [0, 0.05) is 24.9 Å². The molecule has 0 saturated carbocycles. The van der Waals surface area contributed by atoms with Crippen molar-refractivity contribution in [2.24, 2.45) is 0 Å². The zero-order valence-corrected chi connectivity index (χ0v) is 13.7. The Hall–Kier alpha value is 0.0300. The summed E-state index contributed by atoms with van der Waals surface area (Å²) in [5.74, 6) is 0. The van der Waals surface area contributed by atoms with Crippen molar-refractivity contribution in [3.8, 4) is 0 Å². The van der Waals surface area contributed by atoms with E-state index < -0.39 is 19.2 Å². The van der Waals surface area contributed by atoms with E-state index in [2.05, 4.69) is 24.3 Å². The molecule has 0 aliphatic rings. The molecule has 8 nitrogen and oxygen atoms in total. The molecule has 0 spiro atoms. The number of ether oxygens (including phenoxy) is 2. The molecule has 0 amide bonds. The van der Waals surface area contributed by atoms with Crippen LogP contribution in [0.5, 0.6) is 0 Å². The largest absolute Gasteiger partial charge is 0.394 e. The highest BCUT2D eigenvalue weighted by Crippen LogP contribution is 1.84. The highest BCUT2D eigenvalue weighted by atomic mass is 35.7. The number of rotatable bonds is 6. The molecular formula is C9H25ClO8S2. The topological polar surface area (TPSA) is 116 Å². The van der Waals surface area contributed by atoms with E-state index >= 15 is 0 Å². The number of hydrogen-bond acceptors (Lipinski definition) is 8. The van der Waals surface area contributed by atoms with Gasteiger partial charge in [0.25, 0.3) is 10.1 Å². The Balaban J connectivity index is -0.000000101. The van der Waals surface area contributed by atoms with Gasteiger partial charge in [0.2, 0.25) is 9.05 Å². The number of halogens is 1. The molecule has 0 bridgehead atoms. The minimum atomic E-state index is -3.28. The van der Waals surface area contributed by atoms with E-state index in [1.165, 1.54) is 7.11 Å². The second kappa shape index (κ2) is 17.1. The molecule has 0 rings (SSSR count). The quantitative estimate of drug-likeness (QED) is 0.401. The standard InChI is InChI=1S/C4H10O4S.C3H8O2.CH3ClO2S.CH4/c1-7-3-4-8-9(2,5)6;1-5-3-2-4;1-5(2,3)4;/h3-4H2,1-2H3;4H,2-3H2,1H3;1H3;1H4.